The van der Waals surface area contributed by atoms with E-state index in [1.165, 1.54) is 12.5 Å². The number of hydrogen-bond acceptors (Lipinski definition) is 3. The molecule has 0 aliphatic carbocycles. The Kier molecular flexibility index (Phi) is 3.26. The standard InChI is InChI=1S/C18H16O3/c1-11-6-4-5-7-13(11)14-8-9-16(20-3)18-15(14)10-17(21-18)12(2)19/h4-10H,1-3H3. The molecule has 3 rings (SSSR count). The average molecular weight is 280 g/mol. The maximum Gasteiger partial charge on any atom is 0.194 e. The van der Waals surface area contributed by atoms with Crippen LogP contribution >= 0.6 is 0 Å². The van der Waals surface area contributed by atoms with Crippen molar-refractivity contribution in [2.24, 2.45) is 0 Å². The van der Waals surface area contributed by atoms with Crippen LogP contribution in [-0.2, 0) is 0 Å². The first-order chi connectivity index (χ1) is 10.1. The van der Waals surface area contributed by atoms with Gasteiger partial charge in [-0.05, 0) is 41.8 Å². The summed E-state index contributed by atoms with van der Waals surface area (Å²) in [6, 6.07) is 13.8. The van der Waals surface area contributed by atoms with Gasteiger partial charge in [0.1, 0.15) is 0 Å². The Morgan fingerprint density at radius 1 is 1.10 bits per heavy atom. The lowest BCUT2D eigenvalue weighted by atomic mass is 9.97. The molecule has 0 saturated heterocycles. The summed E-state index contributed by atoms with van der Waals surface area (Å²) in [5.41, 5.74) is 3.96. The van der Waals surface area contributed by atoms with Crippen molar-refractivity contribution >= 4 is 16.8 Å². The van der Waals surface area contributed by atoms with Gasteiger partial charge in [0.05, 0.1) is 7.11 Å². The second kappa shape index (κ2) is 5.09. The molecule has 1 heterocycles. The summed E-state index contributed by atoms with van der Waals surface area (Å²) in [4.78, 5) is 11.6. The average Bonchev–Trinajstić information content (AvgIpc) is 2.92. The molecule has 0 aliphatic heterocycles. The fourth-order valence-electron chi connectivity index (χ4n) is 2.54. The Bertz CT molecular complexity index is 828. The summed E-state index contributed by atoms with van der Waals surface area (Å²) >= 11 is 0. The summed E-state index contributed by atoms with van der Waals surface area (Å²) in [6.45, 7) is 3.56. The molecule has 0 bridgehead atoms. The number of rotatable bonds is 3. The first-order valence-corrected chi connectivity index (χ1v) is 6.79. The van der Waals surface area contributed by atoms with Gasteiger partial charge in [0.2, 0.25) is 0 Å². The fourth-order valence-corrected chi connectivity index (χ4v) is 2.54. The maximum absolute atomic E-state index is 11.6. The SMILES string of the molecule is COc1ccc(-c2ccccc2C)c2cc(C(C)=O)oc12. The highest BCUT2D eigenvalue weighted by atomic mass is 16.5. The number of ketones is 1. The van der Waals surface area contributed by atoms with Crippen molar-refractivity contribution in [3.05, 3.63) is 53.8 Å². The summed E-state index contributed by atoms with van der Waals surface area (Å²) in [7, 11) is 1.60. The van der Waals surface area contributed by atoms with E-state index in [-0.39, 0.29) is 5.78 Å². The topological polar surface area (TPSA) is 39.4 Å². The van der Waals surface area contributed by atoms with E-state index in [1.54, 1.807) is 13.2 Å². The molecular weight excluding hydrogens is 264 g/mol. The Morgan fingerprint density at radius 2 is 1.86 bits per heavy atom. The molecule has 0 amide bonds. The molecule has 21 heavy (non-hydrogen) atoms. The number of fused-ring (bicyclic) bond motifs is 1. The molecule has 1 aromatic heterocycles. The van der Waals surface area contributed by atoms with Crippen LogP contribution in [0.15, 0.2) is 46.9 Å². The molecule has 0 radical (unpaired) electrons. The minimum Gasteiger partial charge on any atom is -0.493 e. The normalized spacial score (nSPS) is 10.8. The van der Waals surface area contributed by atoms with E-state index in [0.29, 0.717) is 17.1 Å². The number of ether oxygens (including phenoxy) is 1. The number of benzene rings is 2. The number of carbonyl (C=O) groups is 1. The molecule has 3 aromatic rings. The van der Waals surface area contributed by atoms with E-state index in [0.717, 1.165) is 16.5 Å². The van der Waals surface area contributed by atoms with E-state index in [4.69, 9.17) is 9.15 Å². The lowest BCUT2D eigenvalue weighted by Gasteiger charge is -2.08. The molecular formula is C18H16O3. The molecule has 0 N–H and O–H groups in total. The molecule has 0 atom stereocenters. The predicted octanol–water partition coefficient (Wildman–Crippen LogP) is 4.62. The van der Waals surface area contributed by atoms with E-state index in [2.05, 4.69) is 19.1 Å². The first kappa shape index (κ1) is 13.4. The highest BCUT2D eigenvalue weighted by Gasteiger charge is 2.16. The van der Waals surface area contributed by atoms with Crippen molar-refractivity contribution in [1.82, 2.24) is 0 Å². The third kappa shape index (κ3) is 2.21. The third-order valence-corrected chi connectivity index (χ3v) is 3.65. The zero-order valence-corrected chi connectivity index (χ0v) is 12.3. The zero-order chi connectivity index (χ0) is 15.0. The van der Waals surface area contributed by atoms with Crippen molar-refractivity contribution in [2.75, 3.05) is 7.11 Å². The molecule has 0 spiro atoms. The fraction of sp³-hybridized carbons (Fsp3) is 0.167. The maximum atomic E-state index is 11.6. The summed E-state index contributed by atoms with van der Waals surface area (Å²) < 4.78 is 11.0. The minimum atomic E-state index is -0.0935. The summed E-state index contributed by atoms with van der Waals surface area (Å²) in [5.74, 6) is 0.892. The van der Waals surface area contributed by atoms with Gasteiger partial charge in [-0.25, -0.2) is 0 Å². The van der Waals surface area contributed by atoms with Crippen molar-refractivity contribution in [1.29, 1.82) is 0 Å². The Hall–Kier alpha value is -2.55. The number of carbonyl (C=O) groups excluding carboxylic acids is 1. The highest BCUT2D eigenvalue weighted by Crippen LogP contribution is 2.37. The summed E-state index contributed by atoms with van der Waals surface area (Å²) in [5, 5.41) is 0.897. The van der Waals surface area contributed by atoms with E-state index >= 15 is 0 Å². The van der Waals surface area contributed by atoms with Crippen LogP contribution in [0.1, 0.15) is 23.0 Å². The Morgan fingerprint density at radius 3 is 2.52 bits per heavy atom. The van der Waals surface area contributed by atoms with Gasteiger partial charge in [-0.3, -0.25) is 4.79 Å². The van der Waals surface area contributed by atoms with Crippen molar-refractivity contribution in [2.45, 2.75) is 13.8 Å². The van der Waals surface area contributed by atoms with Crippen LogP contribution in [-0.4, -0.2) is 12.9 Å². The van der Waals surface area contributed by atoms with Crippen molar-refractivity contribution < 1.29 is 13.9 Å². The lowest BCUT2D eigenvalue weighted by molar-refractivity contribution is 0.0989. The van der Waals surface area contributed by atoms with E-state index in [1.807, 2.05) is 24.3 Å². The van der Waals surface area contributed by atoms with E-state index in [9.17, 15) is 4.79 Å². The van der Waals surface area contributed by atoms with Crippen LogP contribution < -0.4 is 4.74 Å². The predicted molar refractivity (Wildman–Crippen MR) is 82.9 cm³/mol. The van der Waals surface area contributed by atoms with Gasteiger partial charge in [0, 0.05) is 12.3 Å². The molecule has 0 unspecified atom stereocenters. The quantitative estimate of drug-likeness (QED) is 0.657. The van der Waals surface area contributed by atoms with Gasteiger partial charge in [-0.15, -0.1) is 0 Å². The molecule has 3 heteroatoms. The van der Waals surface area contributed by atoms with Gasteiger partial charge >= 0.3 is 0 Å². The zero-order valence-electron chi connectivity index (χ0n) is 12.3. The number of methoxy groups -OCH3 is 1. The van der Waals surface area contributed by atoms with Gasteiger partial charge in [0.25, 0.3) is 0 Å². The number of furan rings is 1. The molecule has 0 fully saturated rings. The van der Waals surface area contributed by atoms with Crippen LogP contribution in [0.2, 0.25) is 0 Å². The molecule has 0 saturated carbocycles. The molecule has 2 aromatic carbocycles. The number of aryl methyl sites for hydroxylation is 1. The Labute approximate surface area is 123 Å². The lowest BCUT2D eigenvalue weighted by Crippen LogP contribution is -1.87. The minimum absolute atomic E-state index is 0.0935. The van der Waals surface area contributed by atoms with Gasteiger partial charge in [-0.2, -0.15) is 0 Å². The third-order valence-electron chi connectivity index (χ3n) is 3.65. The van der Waals surface area contributed by atoms with Crippen LogP contribution in [0.4, 0.5) is 0 Å². The molecule has 0 aliphatic rings. The first-order valence-electron chi connectivity index (χ1n) is 6.79. The van der Waals surface area contributed by atoms with Crippen LogP contribution in [0.25, 0.3) is 22.1 Å². The van der Waals surface area contributed by atoms with Gasteiger partial charge in [-0.1, -0.05) is 24.3 Å². The van der Waals surface area contributed by atoms with Crippen LogP contribution in [0.3, 0.4) is 0 Å². The van der Waals surface area contributed by atoms with Gasteiger partial charge < -0.3 is 9.15 Å². The van der Waals surface area contributed by atoms with Crippen molar-refractivity contribution in [3.8, 4) is 16.9 Å². The van der Waals surface area contributed by atoms with Crippen molar-refractivity contribution in [3.63, 3.8) is 0 Å². The van der Waals surface area contributed by atoms with Gasteiger partial charge in [0.15, 0.2) is 22.9 Å². The second-order valence-electron chi connectivity index (χ2n) is 5.04. The van der Waals surface area contributed by atoms with E-state index < -0.39 is 0 Å². The second-order valence-corrected chi connectivity index (χ2v) is 5.04. The monoisotopic (exact) mass is 280 g/mol. The molecule has 106 valence electrons. The highest BCUT2D eigenvalue weighted by molar-refractivity contribution is 6.03. The smallest absolute Gasteiger partial charge is 0.194 e. The number of Topliss-reactive ketones (excluding diaryl/α,β-unsaturated/α-hetero) is 1. The number of hydrogen-bond donors (Lipinski definition) is 0. The summed E-state index contributed by atoms with van der Waals surface area (Å²) in [6.07, 6.45) is 0. The molecule has 3 nitrogen and oxygen atoms in total. The Balaban J connectivity index is 2.34. The van der Waals surface area contributed by atoms with Crippen LogP contribution in [0.5, 0.6) is 5.75 Å². The largest absolute Gasteiger partial charge is 0.493 e. The van der Waals surface area contributed by atoms with Crippen LogP contribution in [0, 0.1) is 6.92 Å².